The maximum atomic E-state index is 12.9. The molecule has 0 bridgehead atoms. The highest BCUT2D eigenvalue weighted by Gasteiger charge is 2.18. The number of amides is 1. The third kappa shape index (κ3) is 5.14. The second-order valence-electron chi connectivity index (χ2n) is 3.82. The van der Waals surface area contributed by atoms with Crippen LogP contribution in [0.4, 0.5) is 8.78 Å². The summed E-state index contributed by atoms with van der Waals surface area (Å²) in [4.78, 5) is 22.4. The molecule has 0 heterocycles. The molecule has 3 N–H and O–H groups in total. The number of carboxylic acids is 1. The Kier molecular flexibility index (Phi) is 6.40. The summed E-state index contributed by atoms with van der Waals surface area (Å²) in [7, 11) is 0. The summed E-state index contributed by atoms with van der Waals surface area (Å²) in [6.07, 6.45) is -0.00651. The summed E-state index contributed by atoms with van der Waals surface area (Å²) >= 11 is 1.14. The summed E-state index contributed by atoms with van der Waals surface area (Å²) in [5, 5.41) is 19.5. The first-order chi connectivity index (χ1) is 9.43. The lowest BCUT2D eigenvalue weighted by atomic mass is 10.3. The van der Waals surface area contributed by atoms with Gasteiger partial charge in [-0.15, -0.1) is 11.8 Å². The zero-order valence-electron chi connectivity index (χ0n) is 10.3. The number of thioether (sulfide) groups is 1. The van der Waals surface area contributed by atoms with Crippen LogP contribution in [0.15, 0.2) is 23.1 Å². The molecule has 0 aliphatic carbocycles. The maximum absolute atomic E-state index is 12.9. The minimum Gasteiger partial charge on any atom is -0.480 e. The first-order valence-corrected chi connectivity index (χ1v) is 6.63. The highest BCUT2D eigenvalue weighted by atomic mass is 32.2. The highest BCUT2D eigenvalue weighted by molar-refractivity contribution is 7.99. The van der Waals surface area contributed by atoms with E-state index < -0.39 is 36.2 Å². The Morgan fingerprint density at radius 1 is 1.30 bits per heavy atom. The minimum atomic E-state index is -1.34. The Labute approximate surface area is 118 Å². The highest BCUT2D eigenvalue weighted by Crippen LogP contribution is 2.20. The Bertz CT molecular complexity index is 498. The van der Waals surface area contributed by atoms with E-state index in [2.05, 4.69) is 5.32 Å². The Balaban J connectivity index is 2.38. The van der Waals surface area contributed by atoms with Crippen molar-refractivity contribution in [1.29, 1.82) is 0 Å². The summed E-state index contributed by atoms with van der Waals surface area (Å²) in [5.41, 5.74) is 0. The van der Waals surface area contributed by atoms with Gasteiger partial charge in [0.05, 0.1) is 6.61 Å². The fourth-order valence-electron chi connectivity index (χ4n) is 1.28. The van der Waals surface area contributed by atoms with E-state index >= 15 is 0 Å². The van der Waals surface area contributed by atoms with Crippen molar-refractivity contribution in [3.05, 3.63) is 29.8 Å². The number of benzene rings is 1. The van der Waals surface area contributed by atoms with Crippen molar-refractivity contribution in [3.8, 4) is 0 Å². The number of hydrogen-bond acceptors (Lipinski definition) is 4. The molecular weight excluding hydrogens is 292 g/mol. The summed E-state index contributed by atoms with van der Waals surface area (Å²) < 4.78 is 25.6. The monoisotopic (exact) mass is 305 g/mol. The zero-order valence-corrected chi connectivity index (χ0v) is 11.1. The quantitative estimate of drug-likeness (QED) is 0.655. The van der Waals surface area contributed by atoms with Gasteiger partial charge in [-0.3, -0.25) is 4.79 Å². The van der Waals surface area contributed by atoms with E-state index in [9.17, 15) is 18.4 Å². The van der Waals surface area contributed by atoms with Gasteiger partial charge in [0.1, 0.15) is 6.04 Å². The molecule has 1 atom stereocenters. The van der Waals surface area contributed by atoms with Crippen molar-refractivity contribution in [3.63, 3.8) is 0 Å². The second kappa shape index (κ2) is 7.81. The number of aliphatic hydroxyl groups is 1. The normalized spacial score (nSPS) is 11.9. The molecule has 0 aliphatic rings. The Hall–Kier alpha value is -1.67. The van der Waals surface area contributed by atoms with Gasteiger partial charge in [0.15, 0.2) is 11.6 Å². The van der Waals surface area contributed by atoms with Crippen molar-refractivity contribution >= 4 is 23.6 Å². The first kappa shape index (κ1) is 16.4. The third-order valence-electron chi connectivity index (χ3n) is 2.30. The Morgan fingerprint density at radius 2 is 2.00 bits per heavy atom. The fraction of sp³-hybridized carbons (Fsp3) is 0.333. The van der Waals surface area contributed by atoms with Crippen LogP contribution in [0, 0.1) is 11.6 Å². The van der Waals surface area contributed by atoms with Crippen LogP contribution < -0.4 is 5.32 Å². The van der Waals surface area contributed by atoms with Crippen LogP contribution >= 0.6 is 11.8 Å². The lowest BCUT2D eigenvalue weighted by Gasteiger charge is -2.11. The molecule has 1 aromatic carbocycles. The molecule has 0 aliphatic heterocycles. The van der Waals surface area contributed by atoms with Gasteiger partial charge in [-0.2, -0.15) is 0 Å². The SMILES string of the molecule is O=C(CCSc1ccc(F)c(F)c1)NC(CO)C(=O)O. The zero-order chi connectivity index (χ0) is 15.1. The molecule has 5 nitrogen and oxygen atoms in total. The predicted octanol–water partition coefficient (Wildman–Crippen LogP) is 1.01. The van der Waals surface area contributed by atoms with E-state index in [1.165, 1.54) is 6.07 Å². The third-order valence-corrected chi connectivity index (χ3v) is 3.30. The van der Waals surface area contributed by atoms with E-state index in [-0.39, 0.29) is 12.2 Å². The molecule has 20 heavy (non-hydrogen) atoms. The smallest absolute Gasteiger partial charge is 0.328 e. The lowest BCUT2D eigenvalue weighted by Crippen LogP contribution is -2.43. The number of rotatable bonds is 7. The van der Waals surface area contributed by atoms with Gasteiger partial charge in [0, 0.05) is 17.1 Å². The molecule has 8 heteroatoms. The molecule has 1 amide bonds. The van der Waals surface area contributed by atoms with Gasteiger partial charge in [-0.25, -0.2) is 13.6 Å². The summed E-state index contributed by atoms with van der Waals surface area (Å²) in [6.45, 7) is -0.697. The van der Waals surface area contributed by atoms with Crippen molar-refractivity contribution in [2.75, 3.05) is 12.4 Å². The predicted molar refractivity (Wildman–Crippen MR) is 68.4 cm³/mol. The van der Waals surface area contributed by atoms with Gasteiger partial charge >= 0.3 is 5.97 Å². The summed E-state index contributed by atoms with van der Waals surface area (Å²) in [5.74, 6) is -3.50. The van der Waals surface area contributed by atoms with E-state index in [0.29, 0.717) is 4.90 Å². The minimum absolute atomic E-state index is 0.00651. The van der Waals surface area contributed by atoms with Crippen LogP contribution in [0.3, 0.4) is 0 Å². The number of carbonyl (C=O) groups is 2. The number of hydrogen-bond donors (Lipinski definition) is 3. The largest absolute Gasteiger partial charge is 0.480 e. The molecule has 0 saturated heterocycles. The number of carboxylic acid groups (broad SMARTS) is 1. The topological polar surface area (TPSA) is 86.6 Å². The van der Waals surface area contributed by atoms with Crippen LogP contribution in [-0.4, -0.2) is 40.5 Å². The van der Waals surface area contributed by atoms with Crippen molar-refractivity contribution in [2.24, 2.45) is 0 Å². The number of aliphatic hydroxyl groups excluding tert-OH is 1. The van der Waals surface area contributed by atoms with E-state index in [1.54, 1.807) is 0 Å². The van der Waals surface area contributed by atoms with Crippen LogP contribution in [0.25, 0.3) is 0 Å². The average Bonchev–Trinajstić information content (AvgIpc) is 2.39. The number of aliphatic carboxylic acids is 1. The summed E-state index contributed by atoms with van der Waals surface area (Å²) in [6, 6.07) is 2.06. The second-order valence-corrected chi connectivity index (χ2v) is 4.98. The molecule has 110 valence electrons. The van der Waals surface area contributed by atoms with Crippen molar-refractivity contribution < 1.29 is 28.6 Å². The van der Waals surface area contributed by atoms with Gasteiger partial charge in [-0.05, 0) is 18.2 Å². The van der Waals surface area contributed by atoms with Crippen LogP contribution in [0.2, 0.25) is 0 Å². The van der Waals surface area contributed by atoms with Gasteiger partial charge in [-0.1, -0.05) is 0 Å². The number of carbonyl (C=O) groups excluding carboxylic acids is 1. The number of nitrogens with one attached hydrogen (secondary N) is 1. The van der Waals surface area contributed by atoms with Crippen molar-refractivity contribution in [2.45, 2.75) is 17.4 Å². The maximum Gasteiger partial charge on any atom is 0.328 e. The lowest BCUT2D eigenvalue weighted by molar-refractivity contribution is -0.142. The van der Waals surface area contributed by atoms with E-state index in [4.69, 9.17) is 10.2 Å². The molecule has 0 aromatic heterocycles. The molecular formula is C12H13F2NO4S. The van der Waals surface area contributed by atoms with E-state index in [1.807, 2.05) is 0 Å². The van der Waals surface area contributed by atoms with Crippen molar-refractivity contribution in [1.82, 2.24) is 5.32 Å². The molecule has 1 rings (SSSR count). The molecule has 1 aromatic rings. The standard InChI is InChI=1S/C12H13F2NO4S/c13-8-2-1-7(5-9(8)14)20-4-3-11(17)15-10(6-16)12(18)19/h1-2,5,10,16H,3-4,6H2,(H,15,17)(H,18,19). The molecule has 0 spiro atoms. The van der Waals surface area contributed by atoms with Gasteiger partial charge in [0.25, 0.3) is 0 Å². The van der Waals surface area contributed by atoms with Gasteiger partial charge in [0.2, 0.25) is 5.91 Å². The van der Waals surface area contributed by atoms with Crippen LogP contribution in [0.5, 0.6) is 0 Å². The van der Waals surface area contributed by atoms with Crippen LogP contribution in [0.1, 0.15) is 6.42 Å². The number of halogens is 2. The van der Waals surface area contributed by atoms with Gasteiger partial charge < -0.3 is 15.5 Å². The fourth-order valence-corrected chi connectivity index (χ4v) is 2.15. The first-order valence-electron chi connectivity index (χ1n) is 5.65. The van der Waals surface area contributed by atoms with Crippen LogP contribution in [-0.2, 0) is 9.59 Å². The molecule has 0 saturated carbocycles. The molecule has 0 radical (unpaired) electrons. The average molecular weight is 305 g/mol. The molecule has 1 unspecified atom stereocenters. The van der Waals surface area contributed by atoms with E-state index in [0.717, 1.165) is 23.9 Å². The molecule has 0 fully saturated rings. The Morgan fingerprint density at radius 3 is 2.55 bits per heavy atom.